The summed E-state index contributed by atoms with van der Waals surface area (Å²) in [7, 11) is 0. The summed E-state index contributed by atoms with van der Waals surface area (Å²) in [5, 5.41) is 0. The number of fused-ring (bicyclic) bond motifs is 3. The van der Waals surface area contributed by atoms with E-state index >= 15 is 0 Å². The third-order valence-corrected chi connectivity index (χ3v) is 9.05. The third kappa shape index (κ3) is 3.82. The highest BCUT2D eigenvalue weighted by atomic mass is 15.2. The average molecular weight is 498 g/mol. The lowest BCUT2D eigenvalue weighted by molar-refractivity contribution is 0.557. The molecule has 0 amide bonds. The Labute approximate surface area is 228 Å². The van der Waals surface area contributed by atoms with E-state index in [9.17, 15) is 0 Å². The van der Waals surface area contributed by atoms with Crippen LogP contribution >= 0.6 is 0 Å². The first-order valence-corrected chi connectivity index (χ1v) is 14.5. The molecule has 0 aliphatic heterocycles. The molecule has 0 bridgehead atoms. The first-order valence-electron chi connectivity index (χ1n) is 14.5. The molecular weight excluding hydrogens is 458 g/mol. The first-order chi connectivity index (χ1) is 18.2. The van der Waals surface area contributed by atoms with Gasteiger partial charge in [-0.3, -0.25) is 0 Å². The van der Waals surface area contributed by atoms with E-state index in [0.29, 0.717) is 11.8 Å². The topological polar surface area (TPSA) is 3.24 Å². The number of nitrogens with zero attached hydrogens (tertiary/aromatic N) is 1. The monoisotopic (exact) mass is 497 g/mol. The van der Waals surface area contributed by atoms with Crippen molar-refractivity contribution < 1.29 is 0 Å². The van der Waals surface area contributed by atoms with Crippen LogP contribution in [0.3, 0.4) is 0 Å². The van der Waals surface area contributed by atoms with E-state index < -0.39 is 0 Å². The molecule has 3 aliphatic rings. The highest BCUT2D eigenvalue weighted by molar-refractivity contribution is 5.87. The van der Waals surface area contributed by atoms with E-state index in [1.807, 2.05) is 0 Å². The average Bonchev–Trinajstić information content (AvgIpc) is 3.82. The van der Waals surface area contributed by atoms with Gasteiger partial charge in [-0.2, -0.15) is 0 Å². The van der Waals surface area contributed by atoms with E-state index in [1.54, 1.807) is 5.56 Å². The molecule has 192 valence electrons. The van der Waals surface area contributed by atoms with Gasteiger partial charge in [0, 0.05) is 22.3 Å². The molecule has 4 aromatic carbocycles. The Bertz CT molecular complexity index is 1530. The Hall–Kier alpha value is -3.32. The summed E-state index contributed by atoms with van der Waals surface area (Å²) in [6, 6.07) is 32.3. The second kappa shape index (κ2) is 8.34. The van der Waals surface area contributed by atoms with Crippen LogP contribution in [0.5, 0.6) is 0 Å². The van der Waals surface area contributed by atoms with Crippen molar-refractivity contribution in [2.45, 2.75) is 83.1 Å². The number of anilines is 2. The summed E-state index contributed by atoms with van der Waals surface area (Å²) in [5.41, 5.74) is 14.3. The fourth-order valence-electron chi connectivity index (χ4n) is 6.81. The van der Waals surface area contributed by atoms with Crippen LogP contribution in [0.1, 0.15) is 94.4 Å². The van der Waals surface area contributed by atoms with Crippen molar-refractivity contribution in [3.8, 4) is 22.3 Å². The van der Waals surface area contributed by atoms with E-state index in [0.717, 1.165) is 0 Å². The molecule has 7 rings (SSSR count). The second-order valence-electron chi connectivity index (χ2n) is 13.3. The summed E-state index contributed by atoms with van der Waals surface area (Å²) in [6.45, 7) is 12.0. The summed E-state index contributed by atoms with van der Waals surface area (Å²) >= 11 is 0. The second-order valence-corrected chi connectivity index (χ2v) is 13.3. The normalized spacial score (nSPS) is 17.7. The van der Waals surface area contributed by atoms with Gasteiger partial charge in [-0.05, 0) is 121 Å². The number of hydrogen-bond acceptors (Lipinski definition) is 1. The van der Waals surface area contributed by atoms with Gasteiger partial charge in [0.2, 0.25) is 0 Å². The van der Waals surface area contributed by atoms with Crippen LogP contribution < -0.4 is 4.90 Å². The Balaban J connectivity index is 1.45. The fourth-order valence-corrected chi connectivity index (χ4v) is 6.81. The maximum absolute atomic E-state index is 2.69. The van der Waals surface area contributed by atoms with Crippen molar-refractivity contribution in [1.29, 1.82) is 0 Å². The van der Waals surface area contributed by atoms with Gasteiger partial charge < -0.3 is 4.90 Å². The number of hydrogen-bond donors (Lipinski definition) is 0. The molecule has 0 unspecified atom stereocenters. The van der Waals surface area contributed by atoms with Gasteiger partial charge in [0.15, 0.2) is 0 Å². The van der Waals surface area contributed by atoms with Crippen LogP contribution in [0.25, 0.3) is 22.3 Å². The highest BCUT2D eigenvalue weighted by Gasteiger charge is 2.40. The van der Waals surface area contributed by atoms with Crippen molar-refractivity contribution in [3.63, 3.8) is 0 Å². The van der Waals surface area contributed by atoms with Crippen molar-refractivity contribution in [3.05, 3.63) is 107 Å². The largest absolute Gasteiger partial charge is 0.336 e. The van der Waals surface area contributed by atoms with Crippen LogP contribution in [0.15, 0.2) is 84.9 Å². The Morgan fingerprint density at radius 2 is 1.24 bits per heavy atom. The maximum atomic E-state index is 2.69. The summed E-state index contributed by atoms with van der Waals surface area (Å²) in [5.74, 6) is 1.34. The lowest BCUT2D eigenvalue weighted by Crippen LogP contribution is -2.39. The van der Waals surface area contributed by atoms with E-state index in [1.165, 1.54) is 76.0 Å². The Kier molecular flexibility index (Phi) is 5.22. The minimum Gasteiger partial charge on any atom is -0.336 e. The van der Waals surface area contributed by atoms with Gasteiger partial charge in [0.05, 0.1) is 0 Å². The highest BCUT2D eigenvalue weighted by Crippen LogP contribution is 2.56. The molecule has 38 heavy (non-hydrogen) atoms. The summed E-state index contributed by atoms with van der Waals surface area (Å²) in [4.78, 5) is 2.69. The molecule has 0 aromatic heterocycles. The van der Waals surface area contributed by atoms with Crippen molar-refractivity contribution in [1.82, 2.24) is 0 Å². The Morgan fingerprint density at radius 1 is 0.605 bits per heavy atom. The van der Waals surface area contributed by atoms with E-state index in [-0.39, 0.29) is 11.0 Å². The molecule has 0 spiro atoms. The van der Waals surface area contributed by atoms with Gasteiger partial charge in [-0.25, -0.2) is 0 Å². The molecular formula is C37H39N. The van der Waals surface area contributed by atoms with Crippen molar-refractivity contribution in [2.24, 2.45) is 0 Å². The molecule has 0 heterocycles. The zero-order chi connectivity index (χ0) is 26.2. The summed E-state index contributed by atoms with van der Waals surface area (Å²) < 4.78 is 0. The lowest BCUT2D eigenvalue weighted by atomic mass is 9.81. The van der Waals surface area contributed by atoms with Crippen LogP contribution in [-0.4, -0.2) is 5.54 Å². The van der Waals surface area contributed by atoms with Gasteiger partial charge in [0.25, 0.3) is 0 Å². The maximum Gasteiger partial charge on any atom is 0.0457 e. The van der Waals surface area contributed by atoms with Crippen molar-refractivity contribution >= 4 is 11.4 Å². The van der Waals surface area contributed by atoms with Crippen LogP contribution in [0, 0.1) is 0 Å². The predicted molar refractivity (Wildman–Crippen MR) is 162 cm³/mol. The van der Waals surface area contributed by atoms with Crippen molar-refractivity contribution in [2.75, 3.05) is 4.90 Å². The molecule has 4 aromatic rings. The minimum atomic E-state index is -0.0522. The fraction of sp³-hybridized carbons (Fsp3) is 0.351. The van der Waals surface area contributed by atoms with Gasteiger partial charge >= 0.3 is 0 Å². The van der Waals surface area contributed by atoms with Gasteiger partial charge in [0.1, 0.15) is 0 Å². The standard InChI is InChI=1S/C37H39N/c1-36(2,3)38(34-20-19-27(21-29(34)25-15-16-25)24-11-7-6-8-12-24)35-23-31-28-13-9-10-14-32(28)37(4,5)33(31)22-30(35)26-17-18-26/h6-14,19-23,25-26H,15-18H2,1-5H3. The molecule has 3 aliphatic carbocycles. The van der Waals surface area contributed by atoms with E-state index in [4.69, 9.17) is 0 Å². The summed E-state index contributed by atoms with van der Waals surface area (Å²) in [6.07, 6.45) is 5.20. The van der Waals surface area contributed by atoms with Crippen LogP contribution in [0.4, 0.5) is 11.4 Å². The van der Waals surface area contributed by atoms with Crippen LogP contribution in [-0.2, 0) is 5.41 Å². The zero-order valence-electron chi connectivity index (χ0n) is 23.5. The molecule has 2 saturated carbocycles. The molecule has 0 N–H and O–H groups in total. The quantitative estimate of drug-likeness (QED) is 0.265. The predicted octanol–water partition coefficient (Wildman–Crippen LogP) is 10.4. The first kappa shape index (κ1) is 23.8. The molecule has 0 saturated heterocycles. The minimum absolute atomic E-state index is 0.0389. The molecule has 1 heteroatoms. The van der Waals surface area contributed by atoms with Crippen LogP contribution in [0.2, 0.25) is 0 Å². The SMILES string of the molecule is CC1(C)c2ccccc2-c2cc(N(c3ccc(-c4ccccc4)cc3C3CC3)C(C)(C)C)c(C3CC3)cc21. The lowest BCUT2D eigenvalue weighted by Gasteiger charge is -2.41. The Morgan fingerprint density at radius 3 is 1.89 bits per heavy atom. The smallest absolute Gasteiger partial charge is 0.0457 e. The van der Waals surface area contributed by atoms with Gasteiger partial charge in [-0.15, -0.1) is 0 Å². The molecule has 1 nitrogen and oxygen atoms in total. The van der Waals surface area contributed by atoms with Gasteiger partial charge in [-0.1, -0.05) is 80.6 Å². The molecule has 0 radical (unpaired) electrons. The van der Waals surface area contributed by atoms with E-state index in [2.05, 4.69) is 124 Å². The molecule has 2 fully saturated rings. The third-order valence-electron chi connectivity index (χ3n) is 9.05. The number of benzene rings is 4. The zero-order valence-corrected chi connectivity index (χ0v) is 23.5. The number of rotatable bonds is 5. The molecule has 0 atom stereocenters.